The lowest BCUT2D eigenvalue weighted by Gasteiger charge is -2.11. The van der Waals surface area contributed by atoms with Crippen LogP contribution in [-0.2, 0) is 4.79 Å². The summed E-state index contributed by atoms with van der Waals surface area (Å²) in [4.78, 5) is 10.2. The van der Waals surface area contributed by atoms with Gasteiger partial charge >= 0.3 is 0 Å². The van der Waals surface area contributed by atoms with Crippen molar-refractivity contribution in [3.8, 4) is 0 Å². The topological polar surface area (TPSA) is 17.1 Å². The van der Waals surface area contributed by atoms with E-state index in [2.05, 4.69) is 0 Å². The summed E-state index contributed by atoms with van der Waals surface area (Å²) in [7, 11) is 0. The molecule has 0 N–H and O–H groups in total. The summed E-state index contributed by atoms with van der Waals surface area (Å²) in [6.07, 6.45) is 1.22. The normalized spacial score (nSPS) is 22.4. The van der Waals surface area contributed by atoms with Crippen molar-refractivity contribution in [2.24, 2.45) is 0 Å². The van der Waals surface area contributed by atoms with E-state index >= 15 is 0 Å². The molecule has 0 heterocycles. The summed E-state index contributed by atoms with van der Waals surface area (Å²) < 4.78 is -1.85. The van der Waals surface area contributed by atoms with Gasteiger partial charge in [0.15, 0.2) is 0 Å². The Bertz CT molecular complexity index is 160. The van der Waals surface area contributed by atoms with E-state index < -0.39 is 14.4 Å². The zero-order valence-electron chi connectivity index (χ0n) is 4.83. The molecule has 0 spiro atoms. The van der Waals surface area contributed by atoms with Gasteiger partial charge in [-0.15, -0.1) is 11.6 Å². The van der Waals surface area contributed by atoms with Gasteiger partial charge in [0.25, 0.3) is 3.79 Å². The van der Waals surface area contributed by atoms with Gasteiger partial charge in [-0.3, -0.25) is 4.79 Å². The highest BCUT2D eigenvalue weighted by Gasteiger charge is 2.55. The Labute approximate surface area is 78.6 Å². The molecule has 0 aromatic heterocycles. The number of ketones is 1. The molecule has 1 aliphatic carbocycles. The van der Waals surface area contributed by atoms with Crippen molar-refractivity contribution in [2.75, 3.05) is 0 Å². The highest BCUT2D eigenvalue weighted by Crippen LogP contribution is 2.49. The first-order chi connectivity index (χ1) is 4.36. The average Bonchev–Trinajstić information content (AvgIpc) is 2.45. The van der Waals surface area contributed by atoms with Crippen molar-refractivity contribution in [2.45, 2.75) is 21.5 Å². The molecule has 0 unspecified atom stereocenters. The molecule has 5 heteroatoms. The van der Waals surface area contributed by atoms with Gasteiger partial charge in [-0.05, 0) is 12.8 Å². The predicted octanol–water partition coefficient (Wildman–Crippen LogP) is 2.70. The van der Waals surface area contributed by atoms with Crippen LogP contribution in [0.5, 0.6) is 0 Å². The standard InChI is InChI=1S/C5H4Cl4O/c6-4(1-2-4)3(10)5(7,8)9/h1-2H2. The van der Waals surface area contributed by atoms with Crippen LogP contribution >= 0.6 is 46.4 Å². The Morgan fingerprint density at radius 1 is 1.30 bits per heavy atom. The lowest BCUT2D eigenvalue weighted by atomic mass is 10.3. The van der Waals surface area contributed by atoms with Crippen LogP contribution in [0.4, 0.5) is 0 Å². The lowest BCUT2D eigenvalue weighted by Crippen LogP contribution is -2.29. The third-order valence-electron chi connectivity index (χ3n) is 1.35. The first kappa shape index (κ1) is 8.92. The minimum absolute atomic E-state index is 0.508. The SMILES string of the molecule is O=C(C(Cl)(Cl)Cl)C1(Cl)CC1. The van der Waals surface area contributed by atoms with Gasteiger partial charge in [0.1, 0.15) is 4.87 Å². The number of carbonyl (C=O) groups is 1. The number of halogens is 4. The Kier molecular flexibility index (Phi) is 2.15. The maximum atomic E-state index is 11.0. The molecule has 1 aliphatic rings. The molecule has 0 aliphatic heterocycles. The zero-order valence-corrected chi connectivity index (χ0v) is 7.86. The van der Waals surface area contributed by atoms with Gasteiger partial charge < -0.3 is 0 Å². The van der Waals surface area contributed by atoms with Crippen LogP contribution in [0.2, 0.25) is 0 Å². The third kappa shape index (κ3) is 1.70. The van der Waals surface area contributed by atoms with Gasteiger partial charge in [-0.25, -0.2) is 0 Å². The van der Waals surface area contributed by atoms with Crippen molar-refractivity contribution >= 4 is 52.2 Å². The molecule has 1 saturated carbocycles. The molecule has 0 radical (unpaired) electrons. The highest BCUT2D eigenvalue weighted by atomic mass is 35.6. The maximum absolute atomic E-state index is 11.0. The molecule has 1 nitrogen and oxygen atoms in total. The van der Waals surface area contributed by atoms with Gasteiger partial charge in [0.2, 0.25) is 5.78 Å². The van der Waals surface area contributed by atoms with Crippen molar-refractivity contribution in [1.82, 2.24) is 0 Å². The summed E-state index contributed by atoms with van der Waals surface area (Å²) in [5, 5.41) is 0. The fourth-order valence-corrected chi connectivity index (χ4v) is 1.51. The Morgan fingerprint density at radius 2 is 1.70 bits per heavy atom. The molecular weight excluding hydrogens is 218 g/mol. The molecule has 0 saturated heterocycles. The molecule has 0 aromatic rings. The van der Waals surface area contributed by atoms with E-state index in [1.165, 1.54) is 0 Å². The molecule has 0 amide bonds. The summed E-state index contributed by atoms with van der Waals surface area (Å²) in [6.45, 7) is 0. The van der Waals surface area contributed by atoms with E-state index in [1.807, 2.05) is 0 Å². The van der Waals surface area contributed by atoms with Crippen LogP contribution in [0.1, 0.15) is 12.8 Å². The monoisotopic (exact) mass is 220 g/mol. The van der Waals surface area contributed by atoms with Crippen molar-refractivity contribution < 1.29 is 4.79 Å². The van der Waals surface area contributed by atoms with E-state index in [4.69, 9.17) is 46.4 Å². The van der Waals surface area contributed by atoms with Gasteiger partial charge in [-0.1, -0.05) is 34.8 Å². The van der Waals surface area contributed by atoms with E-state index in [0.717, 1.165) is 0 Å². The number of carbonyl (C=O) groups excluding carboxylic acids is 1. The van der Waals surface area contributed by atoms with Gasteiger partial charge in [0.05, 0.1) is 0 Å². The summed E-state index contributed by atoms with van der Waals surface area (Å²) in [5.41, 5.74) is 0. The summed E-state index contributed by atoms with van der Waals surface area (Å²) >= 11 is 21.6. The van der Waals surface area contributed by atoms with E-state index in [-0.39, 0.29) is 0 Å². The first-order valence-electron chi connectivity index (χ1n) is 2.67. The molecule has 58 valence electrons. The molecule has 0 atom stereocenters. The van der Waals surface area contributed by atoms with Crippen LogP contribution in [0.3, 0.4) is 0 Å². The average molecular weight is 222 g/mol. The molecule has 1 fully saturated rings. The largest absolute Gasteiger partial charge is 0.293 e. The fourth-order valence-electron chi connectivity index (χ4n) is 0.591. The number of hydrogen-bond acceptors (Lipinski definition) is 1. The van der Waals surface area contributed by atoms with Crippen molar-refractivity contribution in [3.05, 3.63) is 0 Å². The van der Waals surface area contributed by atoms with E-state index in [9.17, 15) is 4.79 Å². The van der Waals surface area contributed by atoms with Crippen molar-refractivity contribution in [1.29, 1.82) is 0 Å². The second-order valence-corrected chi connectivity index (χ2v) is 5.30. The Balaban J connectivity index is 2.67. The first-order valence-corrected chi connectivity index (χ1v) is 4.18. The number of alkyl halides is 4. The van der Waals surface area contributed by atoms with E-state index in [0.29, 0.717) is 12.8 Å². The smallest absolute Gasteiger partial charge is 0.250 e. The van der Waals surface area contributed by atoms with Crippen LogP contribution in [0.15, 0.2) is 0 Å². The predicted molar refractivity (Wildman–Crippen MR) is 43.1 cm³/mol. The number of rotatable bonds is 1. The maximum Gasteiger partial charge on any atom is 0.250 e. The highest BCUT2D eigenvalue weighted by molar-refractivity contribution is 6.78. The Morgan fingerprint density at radius 3 is 1.80 bits per heavy atom. The number of Topliss-reactive ketones (excluding diaryl/α,β-unsaturated/α-hetero) is 1. The Hall–Kier alpha value is 0.830. The van der Waals surface area contributed by atoms with Gasteiger partial charge in [-0.2, -0.15) is 0 Å². The molecule has 1 rings (SSSR count). The van der Waals surface area contributed by atoms with Crippen molar-refractivity contribution in [3.63, 3.8) is 0 Å². The van der Waals surface area contributed by atoms with Crippen LogP contribution < -0.4 is 0 Å². The quantitative estimate of drug-likeness (QED) is 0.623. The molecular formula is C5H4Cl4O. The second kappa shape index (κ2) is 2.41. The van der Waals surface area contributed by atoms with Crippen LogP contribution in [-0.4, -0.2) is 14.4 Å². The molecule has 0 aromatic carbocycles. The summed E-state index contributed by atoms with van der Waals surface area (Å²) in [6, 6.07) is 0. The molecule has 0 bridgehead atoms. The van der Waals surface area contributed by atoms with E-state index in [1.54, 1.807) is 0 Å². The fraction of sp³-hybridized carbons (Fsp3) is 0.800. The minimum atomic E-state index is -1.85. The number of hydrogen-bond donors (Lipinski definition) is 0. The summed E-state index contributed by atoms with van der Waals surface area (Å²) in [5.74, 6) is -0.508. The lowest BCUT2D eigenvalue weighted by molar-refractivity contribution is -0.118. The molecule has 10 heavy (non-hydrogen) atoms. The van der Waals surface area contributed by atoms with Gasteiger partial charge in [0, 0.05) is 0 Å². The van der Waals surface area contributed by atoms with Crippen LogP contribution in [0, 0.1) is 0 Å². The third-order valence-corrected chi connectivity index (χ3v) is 2.42. The second-order valence-electron chi connectivity index (χ2n) is 2.29. The van der Waals surface area contributed by atoms with Crippen LogP contribution in [0.25, 0.3) is 0 Å². The minimum Gasteiger partial charge on any atom is -0.293 e. The zero-order chi connectivity index (χ0) is 7.99.